The molecule has 2 aliphatic carbocycles. The maximum absolute atomic E-state index is 11.2. The van der Waals surface area contributed by atoms with Crippen molar-refractivity contribution in [2.75, 3.05) is 6.26 Å². The van der Waals surface area contributed by atoms with E-state index in [0.717, 1.165) is 23.6 Å². The summed E-state index contributed by atoms with van der Waals surface area (Å²) in [6.45, 7) is 4.03. The van der Waals surface area contributed by atoms with Gasteiger partial charge in [0.1, 0.15) is 0 Å². The molecule has 96 valence electrons. The third-order valence-electron chi connectivity index (χ3n) is 2.84. The third kappa shape index (κ3) is 3.22. The van der Waals surface area contributed by atoms with E-state index in [9.17, 15) is 10.1 Å². The fourth-order valence-electron chi connectivity index (χ4n) is 1.95. The van der Waals surface area contributed by atoms with Crippen molar-refractivity contribution >= 4 is 11.8 Å². The lowest BCUT2D eigenvalue weighted by Crippen LogP contribution is -2.12. The Labute approximate surface area is 119 Å². The molecule has 0 N–H and O–H groups in total. The van der Waals surface area contributed by atoms with Gasteiger partial charge in [-0.1, -0.05) is 18.3 Å². The molecule has 0 unspecified atom stereocenters. The van der Waals surface area contributed by atoms with E-state index in [1.165, 1.54) is 0 Å². The first-order valence-electron chi connectivity index (χ1n) is 5.71. The number of nitrogens with zero attached hydrogens (tertiary/aromatic N) is 1. The van der Waals surface area contributed by atoms with Gasteiger partial charge in [-0.2, -0.15) is 0 Å². The van der Waals surface area contributed by atoms with Gasteiger partial charge in [-0.25, -0.2) is 0 Å². The number of hydrogen-bond donors (Lipinski definition) is 0. The number of nitro groups is 1. The van der Waals surface area contributed by atoms with E-state index < -0.39 is 0 Å². The van der Waals surface area contributed by atoms with Gasteiger partial charge in [-0.05, 0) is 63.2 Å². The zero-order chi connectivity index (χ0) is 13.8. The van der Waals surface area contributed by atoms with Crippen LogP contribution in [0.3, 0.4) is 0 Å². The molecule has 0 aromatic rings. The molecule has 0 aliphatic heterocycles. The first kappa shape index (κ1) is 14.6. The van der Waals surface area contributed by atoms with Crippen molar-refractivity contribution in [3.8, 4) is 0 Å². The molecule has 0 spiro atoms. The summed E-state index contributed by atoms with van der Waals surface area (Å²) in [7, 11) is 0. The maximum Gasteiger partial charge on any atom is 0.306 e. The largest absolute Gasteiger partial charge is 0.306 e. The van der Waals surface area contributed by atoms with Crippen molar-refractivity contribution < 1.29 is 4.92 Å². The second-order valence-corrected chi connectivity index (χ2v) is 4.76. The van der Waals surface area contributed by atoms with Crippen molar-refractivity contribution in [3.63, 3.8) is 0 Å². The van der Waals surface area contributed by atoms with Crippen molar-refractivity contribution in [2.24, 2.45) is 0 Å². The summed E-state index contributed by atoms with van der Waals surface area (Å²) in [5, 5.41) is 11.3. The Balaban J connectivity index is 2.32. The van der Waals surface area contributed by atoms with Crippen molar-refractivity contribution in [2.45, 2.75) is 0 Å². The fourth-order valence-corrected chi connectivity index (χ4v) is 2.55. The third-order valence-corrected chi connectivity index (χ3v) is 3.58. The number of hydrogen-bond acceptors (Lipinski definition) is 3. The lowest BCUT2D eigenvalue weighted by Gasteiger charge is -2.19. The summed E-state index contributed by atoms with van der Waals surface area (Å²) in [6.07, 6.45) is 16.8. The lowest BCUT2D eigenvalue weighted by atomic mass is 9.84. The first-order chi connectivity index (χ1) is 9.15. The van der Waals surface area contributed by atoms with Gasteiger partial charge in [-0.3, -0.25) is 10.1 Å². The van der Waals surface area contributed by atoms with E-state index in [1.807, 2.05) is 51.4 Å². The summed E-state index contributed by atoms with van der Waals surface area (Å²) >= 11 is 1.13. The van der Waals surface area contributed by atoms with Gasteiger partial charge in [0.15, 0.2) is 0 Å². The van der Waals surface area contributed by atoms with Crippen molar-refractivity contribution in [3.05, 3.63) is 96.1 Å². The van der Waals surface area contributed by atoms with Crippen molar-refractivity contribution in [1.29, 1.82) is 0 Å². The summed E-state index contributed by atoms with van der Waals surface area (Å²) < 4.78 is 0. The maximum atomic E-state index is 11.2. The standard InChI is InChI=1S/C15H13NO2S/c1-11(12-7-3-4-8-12)14(13-9-5-6-10-13)15(19-2)16(17)18/h3-10H,1H2,2H3/b15-14-. The highest BCUT2D eigenvalue weighted by Gasteiger charge is 2.34. The van der Waals surface area contributed by atoms with Gasteiger partial charge in [0, 0.05) is 17.4 Å². The summed E-state index contributed by atoms with van der Waals surface area (Å²) in [5.74, 6) is 1.73. The molecule has 0 heterocycles. The Morgan fingerprint density at radius 2 is 1.58 bits per heavy atom. The fraction of sp³-hybridized carbons (Fsp3) is 0.0667. The zero-order valence-corrected chi connectivity index (χ0v) is 11.3. The second-order valence-electron chi connectivity index (χ2n) is 3.97. The highest BCUT2D eigenvalue weighted by Crippen LogP contribution is 2.43. The topological polar surface area (TPSA) is 43.1 Å². The molecular formula is C15H13NO2S. The minimum atomic E-state index is -0.346. The summed E-state index contributed by atoms with van der Waals surface area (Å²) in [4.78, 5) is 10.9. The molecule has 0 atom stereocenters. The van der Waals surface area contributed by atoms with Crippen LogP contribution in [0.4, 0.5) is 0 Å². The van der Waals surface area contributed by atoms with Crippen LogP contribution in [0.15, 0.2) is 22.8 Å². The molecule has 10 radical (unpaired) electrons. The smallest absolute Gasteiger partial charge is 0.258 e. The van der Waals surface area contributed by atoms with E-state index in [2.05, 4.69) is 6.58 Å². The lowest BCUT2D eigenvalue weighted by molar-refractivity contribution is -0.411. The number of rotatable bonds is 5. The Morgan fingerprint density at radius 1 is 1.11 bits per heavy atom. The van der Waals surface area contributed by atoms with Crippen LogP contribution < -0.4 is 0 Å². The summed E-state index contributed by atoms with van der Waals surface area (Å²) in [6, 6.07) is 0. The molecule has 0 aromatic heterocycles. The molecule has 2 rings (SSSR count). The predicted octanol–water partition coefficient (Wildman–Crippen LogP) is 3.20. The van der Waals surface area contributed by atoms with Crippen LogP contribution in [0.1, 0.15) is 0 Å². The average molecular weight is 271 g/mol. The van der Waals surface area contributed by atoms with E-state index in [1.54, 1.807) is 6.26 Å². The molecule has 19 heavy (non-hydrogen) atoms. The molecule has 0 aromatic carbocycles. The zero-order valence-electron chi connectivity index (χ0n) is 10.5. The van der Waals surface area contributed by atoms with Gasteiger partial charge in [0.25, 0.3) is 0 Å². The van der Waals surface area contributed by atoms with Gasteiger partial charge < -0.3 is 0 Å². The molecular weight excluding hydrogens is 258 g/mol. The Bertz CT molecular complexity index is 391. The minimum Gasteiger partial charge on any atom is -0.258 e. The summed E-state index contributed by atoms with van der Waals surface area (Å²) in [5.41, 5.74) is 1.27. The molecule has 2 fully saturated rings. The van der Waals surface area contributed by atoms with E-state index in [-0.39, 0.29) is 9.95 Å². The van der Waals surface area contributed by atoms with Crippen LogP contribution >= 0.6 is 11.8 Å². The number of allylic oxidation sites excluding steroid dienone is 2. The molecule has 3 nitrogen and oxygen atoms in total. The monoisotopic (exact) mass is 271 g/mol. The van der Waals surface area contributed by atoms with Crippen LogP contribution in [0, 0.1) is 73.3 Å². The molecule has 2 saturated carbocycles. The highest BCUT2D eigenvalue weighted by atomic mass is 32.2. The predicted molar refractivity (Wildman–Crippen MR) is 77.6 cm³/mol. The van der Waals surface area contributed by atoms with E-state index >= 15 is 0 Å². The Morgan fingerprint density at radius 3 is 2.00 bits per heavy atom. The molecule has 0 saturated heterocycles. The SMILES string of the molecule is C=C([C]1[CH][CH][CH][CH]1)/C([C]1[CH][CH][CH][CH]1)=C(/SC)[N+](=O)[O-]. The number of thioether (sulfide) groups is 1. The Kier molecular flexibility index (Phi) is 5.08. The van der Waals surface area contributed by atoms with Gasteiger partial charge in [0.2, 0.25) is 0 Å². The van der Waals surface area contributed by atoms with Crippen LogP contribution in [0.2, 0.25) is 0 Å². The van der Waals surface area contributed by atoms with Gasteiger partial charge >= 0.3 is 5.03 Å². The van der Waals surface area contributed by atoms with Gasteiger partial charge in [-0.15, -0.1) is 0 Å². The molecule has 0 bridgehead atoms. The molecule has 2 aliphatic rings. The minimum absolute atomic E-state index is 0.123. The van der Waals surface area contributed by atoms with Crippen LogP contribution in [0.5, 0.6) is 0 Å². The van der Waals surface area contributed by atoms with Gasteiger partial charge in [0.05, 0.1) is 4.92 Å². The van der Waals surface area contributed by atoms with Crippen LogP contribution in [-0.2, 0) is 0 Å². The molecule has 0 amide bonds. The average Bonchev–Trinajstić information content (AvgIpc) is 3.06. The van der Waals surface area contributed by atoms with Crippen molar-refractivity contribution in [1.82, 2.24) is 0 Å². The van der Waals surface area contributed by atoms with Crippen LogP contribution in [-0.4, -0.2) is 11.2 Å². The van der Waals surface area contributed by atoms with E-state index in [0.29, 0.717) is 11.1 Å². The van der Waals surface area contributed by atoms with Crippen LogP contribution in [0.25, 0.3) is 0 Å². The second kappa shape index (κ2) is 6.60. The molecule has 4 heteroatoms. The quantitative estimate of drug-likeness (QED) is 0.438. The van der Waals surface area contributed by atoms with E-state index in [4.69, 9.17) is 0 Å². The first-order valence-corrected chi connectivity index (χ1v) is 6.93. The highest BCUT2D eigenvalue weighted by molar-refractivity contribution is 8.02. The normalized spacial score (nSPS) is 22.6. The Hall–Kier alpha value is -0.770.